The second-order valence-corrected chi connectivity index (χ2v) is 13.7. The largest absolute Gasteiger partial charge is 0.497 e. The molecule has 0 bridgehead atoms. The molecule has 0 radical (unpaired) electrons. The van der Waals surface area contributed by atoms with Crippen molar-refractivity contribution in [2.45, 2.75) is 13.8 Å². The van der Waals surface area contributed by atoms with Gasteiger partial charge < -0.3 is 18.6 Å². The predicted octanol–water partition coefficient (Wildman–Crippen LogP) is 11.6. The molecule has 6 nitrogen and oxygen atoms in total. The highest BCUT2D eigenvalue weighted by atomic mass is 16.5. The van der Waals surface area contributed by atoms with Crippen molar-refractivity contribution in [1.82, 2.24) is 9.13 Å². The maximum Gasteiger partial charge on any atom is 0.119 e. The topological polar surface area (TPSA) is 75.9 Å². The molecule has 0 saturated heterocycles. The first-order chi connectivity index (χ1) is 26.4. The van der Waals surface area contributed by atoms with Crippen LogP contribution >= 0.6 is 0 Å². The number of benzene rings is 7. The minimum Gasteiger partial charge on any atom is -0.497 e. The van der Waals surface area contributed by atoms with Crippen LogP contribution in [-0.4, -0.2) is 23.4 Å². The number of aryl methyl sites for hydroxylation is 2. The van der Waals surface area contributed by atoms with Gasteiger partial charge in [0.1, 0.15) is 11.5 Å². The highest BCUT2D eigenvalue weighted by Crippen LogP contribution is 2.41. The van der Waals surface area contributed by atoms with E-state index in [1.165, 1.54) is 11.1 Å². The Hall–Kier alpha value is -7.28. The lowest BCUT2D eigenvalue weighted by atomic mass is 9.96. The minimum absolute atomic E-state index is 0.582. The average Bonchev–Trinajstić information content (AvgIpc) is 3.71. The number of nitrogens with zero attached hydrogens (tertiary/aromatic N) is 4. The summed E-state index contributed by atoms with van der Waals surface area (Å²) in [6.45, 7) is 4.21. The van der Waals surface area contributed by atoms with E-state index in [2.05, 4.69) is 120 Å². The molecule has 0 spiro atoms. The fraction of sp³-hybridized carbons (Fsp3) is 0.0833. The van der Waals surface area contributed by atoms with Crippen LogP contribution in [0, 0.1) is 36.5 Å². The lowest BCUT2D eigenvalue weighted by molar-refractivity contribution is 0.415. The Bertz CT molecular complexity index is 2850. The van der Waals surface area contributed by atoms with E-state index in [1.54, 1.807) is 14.2 Å². The molecule has 0 aliphatic carbocycles. The van der Waals surface area contributed by atoms with E-state index < -0.39 is 0 Å². The molecular weight excluding hydrogens is 665 g/mol. The van der Waals surface area contributed by atoms with E-state index in [0.29, 0.717) is 11.1 Å². The van der Waals surface area contributed by atoms with Gasteiger partial charge in [0.25, 0.3) is 0 Å². The first-order valence-corrected chi connectivity index (χ1v) is 17.8. The fourth-order valence-corrected chi connectivity index (χ4v) is 7.90. The van der Waals surface area contributed by atoms with Gasteiger partial charge in [-0.25, -0.2) is 0 Å². The molecule has 54 heavy (non-hydrogen) atoms. The molecule has 9 rings (SSSR count). The van der Waals surface area contributed by atoms with Crippen molar-refractivity contribution >= 4 is 43.6 Å². The van der Waals surface area contributed by atoms with Crippen molar-refractivity contribution in [3.05, 3.63) is 156 Å². The summed E-state index contributed by atoms with van der Waals surface area (Å²) < 4.78 is 15.8. The number of aromatic nitrogens is 2. The lowest BCUT2D eigenvalue weighted by Crippen LogP contribution is -1.99. The van der Waals surface area contributed by atoms with Crippen LogP contribution in [0.2, 0.25) is 0 Å². The zero-order valence-corrected chi connectivity index (χ0v) is 30.3. The number of methoxy groups -OCH3 is 2. The fourth-order valence-electron chi connectivity index (χ4n) is 7.90. The Morgan fingerprint density at radius 1 is 0.426 bits per heavy atom. The summed E-state index contributed by atoms with van der Waals surface area (Å²) in [5.41, 5.74) is 13.5. The molecule has 0 fully saturated rings. The molecule has 0 saturated carbocycles. The number of fused-ring (bicyclic) bond motifs is 6. The van der Waals surface area contributed by atoms with Gasteiger partial charge in [-0.2, -0.15) is 10.5 Å². The molecule has 258 valence electrons. The Labute approximate surface area is 312 Å². The van der Waals surface area contributed by atoms with Crippen LogP contribution in [0.1, 0.15) is 22.3 Å². The highest BCUT2D eigenvalue weighted by molar-refractivity contribution is 6.11. The van der Waals surface area contributed by atoms with Crippen LogP contribution in [-0.2, 0) is 0 Å². The monoisotopic (exact) mass is 698 g/mol. The second kappa shape index (κ2) is 12.7. The van der Waals surface area contributed by atoms with Gasteiger partial charge in [-0.1, -0.05) is 47.5 Å². The Morgan fingerprint density at radius 3 is 1.17 bits per heavy atom. The van der Waals surface area contributed by atoms with E-state index >= 15 is 0 Å². The Kier molecular flexibility index (Phi) is 7.69. The van der Waals surface area contributed by atoms with Crippen molar-refractivity contribution < 1.29 is 9.47 Å². The molecule has 0 atom stereocenters. The number of hydrogen-bond donors (Lipinski definition) is 0. The molecule has 9 aromatic rings. The summed E-state index contributed by atoms with van der Waals surface area (Å²) in [6, 6.07) is 50.3. The number of hydrogen-bond acceptors (Lipinski definition) is 4. The summed E-state index contributed by atoms with van der Waals surface area (Å²) in [6.07, 6.45) is 0. The molecule has 6 heteroatoms. The van der Waals surface area contributed by atoms with Gasteiger partial charge in [0, 0.05) is 32.7 Å². The third kappa shape index (κ3) is 5.16. The summed E-state index contributed by atoms with van der Waals surface area (Å²) in [4.78, 5) is 0. The first-order valence-electron chi connectivity index (χ1n) is 17.8. The second-order valence-electron chi connectivity index (χ2n) is 13.7. The normalized spacial score (nSPS) is 11.3. The highest BCUT2D eigenvalue weighted by Gasteiger charge is 2.20. The molecule has 0 aliphatic heterocycles. The lowest BCUT2D eigenvalue weighted by Gasteiger charge is -2.17. The maximum atomic E-state index is 10.0. The van der Waals surface area contributed by atoms with Gasteiger partial charge in [0.15, 0.2) is 0 Å². The molecule has 0 amide bonds. The van der Waals surface area contributed by atoms with Crippen LogP contribution in [0.15, 0.2) is 133 Å². The van der Waals surface area contributed by atoms with E-state index in [9.17, 15) is 10.5 Å². The zero-order valence-electron chi connectivity index (χ0n) is 30.3. The van der Waals surface area contributed by atoms with E-state index in [1.807, 2.05) is 48.5 Å². The Morgan fingerprint density at radius 2 is 0.796 bits per heavy atom. The SMILES string of the molecule is COc1ccc2c(c1)c1cc(C)ccc1n2-c1ccc(C#N)cc1-c1ccc(-c2cc(C#N)ccc2-n2c3ccc(C)cc3c3cc(OC)ccc32)cc1. The van der Waals surface area contributed by atoms with Crippen molar-refractivity contribution in [2.75, 3.05) is 14.2 Å². The molecular formula is C48H34N4O2. The summed E-state index contributed by atoms with van der Waals surface area (Å²) in [5, 5.41) is 24.5. The molecule has 0 N–H and O–H groups in total. The van der Waals surface area contributed by atoms with Crippen LogP contribution in [0.25, 0.3) is 77.2 Å². The van der Waals surface area contributed by atoms with Crippen LogP contribution in [0.4, 0.5) is 0 Å². The molecule has 0 unspecified atom stereocenters. The molecule has 7 aromatic carbocycles. The van der Waals surface area contributed by atoms with Gasteiger partial charge in [-0.3, -0.25) is 0 Å². The van der Waals surface area contributed by atoms with Crippen LogP contribution in [0.3, 0.4) is 0 Å². The third-order valence-corrected chi connectivity index (χ3v) is 10.5. The van der Waals surface area contributed by atoms with Crippen molar-refractivity contribution in [1.29, 1.82) is 10.5 Å². The van der Waals surface area contributed by atoms with Crippen LogP contribution in [0.5, 0.6) is 11.5 Å². The van der Waals surface area contributed by atoms with E-state index in [0.717, 1.165) is 88.7 Å². The molecule has 2 aromatic heterocycles. The quantitative estimate of drug-likeness (QED) is 0.173. The zero-order chi connectivity index (χ0) is 37.1. The summed E-state index contributed by atoms with van der Waals surface area (Å²) in [7, 11) is 3.38. The van der Waals surface area contributed by atoms with Gasteiger partial charge in [0.2, 0.25) is 0 Å². The van der Waals surface area contributed by atoms with Gasteiger partial charge in [0.05, 0.1) is 70.9 Å². The van der Waals surface area contributed by atoms with Gasteiger partial charge in [-0.15, -0.1) is 0 Å². The predicted molar refractivity (Wildman–Crippen MR) is 218 cm³/mol. The standard InChI is InChI=1S/C48H34N4O2/c1-29-5-15-45-39(21-29)41-25-35(53-3)13-19-47(41)51(45)43-17-7-31(27-49)23-37(43)33-9-11-34(12-10-33)38-24-32(28-50)8-18-44(38)52-46-16-6-30(2)22-40(46)42-26-36(54-4)14-20-48(42)52/h5-26H,1-4H3. The third-order valence-electron chi connectivity index (χ3n) is 10.5. The van der Waals surface area contributed by atoms with Gasteiger partial charge >= 0.3 is 0 Å². The Balaban J connectivity index is 1.23. The van der Waals surface area contributed by atoms with Crippen molar-refractivity contribution in [3.8, 4) is 57.3 Å². The smallest absolute Gasteiger partial charge is 0.119 e. The van der Waals surface area contributed by atoms with Crippen molar-refractivity contribution in [2.24, 2.45) is 0 Å². The maximum absolute atomic E-state index is 10.0. The number of ether oxygens (including phenoxy) is 2. The van der Waals surface area contributed by atoms with E-state index in [-0.39, 0.29) is 0 Å². The molecule has 2 heterocycles. The van der Waals surface area contributed by atoms with Gasteiger partial charge in [-0.05, 0) is 122 Å². The molecule has 0 aliphatic rings. The number of rotatable bonds is 6. The summed E-state index contributed by atoms with van der Waals surface area (Å²) >= 11 is 0. The number of nitriles is 2. The minimum atomic E-state index is 0.582. The average molecular weight is 699 g/mol. The first kappa shape index (κ1) is 32.6. The van der Waals surface area contributed by atoms with Crippen LogP contribution < -0.4 is 9.47 Å². The van der Waals surface area contributed by atoms with Crippen molar-refractivity contribution in [3.63, 3.8) is 0 Å². The van der Waals surface area contributed by atoms with E-state index in [4.69, 9.17) is 9.47 Å². The summed E-state index contributed by atoms with van der Waals surface area (Å²) in [5.74, 6) is 1.60.